The molecule has 1 aromatic heterocycles. The van der Waals surface area contributed by atoms with Gasteiger partial charge in [0.15, 0.2) is 0 Å². The number of benzene rings is 3. The van der Waals surface area contributed by atoms with Crippen molar-refractivity contribution in [2.45, 2.75) is 18.5 Å². The SMILES string of the molecule is COC(=O)CC1CN(C(=O)c2cncc3ccccc23)CCN1C(c1ccccc1)c1ccccc1. The number of pyridine rings is 1. The first-order valence-electron chi connectivity index (χ1n) is 12.2. The molecule has 6 heteroatoms. The van der Waals surface area contributed by atoms with Crippen LogP contribution in [-0.2, 0) is 9.53 Å². The molecule has 1 amide bonds. The van der Waals surface area contributed by atoms with E-state index in [0.29, 0.717) is 25.2 Å². The van der Waals surface area contributed by atoms with Crippen molar-refractivity contribution in [3.8, 4) is 0 Å². The Morgan fingerprint density at radius 3 is 2.19 bits per heavy atom. The van der Waals surface area contributed by atoms with E-state index in [0.717, 1.165) is 21.9 Å². The summed E-state index contributed by atoms with van der Waals surface area (Å²) < 4.78 is 5.05. The molecular formula is C30H29N3O3. The minimum atomic E-state index is -0.286. The van der Waals surface area contributed by atoms with Crippen molar-refractivity contribution >= 4 is 22.6 Å². The zero-order chi connectivity index (χ0) is 24.9. The number of esters is 1. The minimum Gasteiger partial charge on any atom is -0.469 e. The lowest BCUT2D eigenvalue weighted by molar-refractivity contribution is -0.142. The number of rotatable bonds is 6. The van der Waals surface area contributed by atoms with Crippen LogP contribution in [0.4, 0.5) is 0 Å². The zero-order valence-corrected chi connectivity index (χ0v) is 20.3. The molecule has 1 aliphatic rings. The van der Waals surface area contributed by atoms with E-state index >= 15 is 0 Å². The maximum absolute atomic E-state index is 13.7. The number of hydrogen-bond donors (Lipinski definition) is 0. The fraction of sp³-hybridized carbons (Fsp3) is 0.233. The van der Waals surface area contributed by atoms with Gasteiger partial charge in [0.1, 0.15) is 0 Å². The lowest BCUT2D eigenvalue weighted by Crippen LogP contribution is -2.56. The summed E-state index contributed by atoms with van der Waals surface area (Å²) >= 11 is 0. The number of carbonyl (C=O) groups excluding carboxylic acids is 2. The first-order valence-corrected chi connectivity index (χ1v) is 12.2. The van der Waals surface area contributed by atoms with Crippen molar-refractivity contribution in [1.29, 1.82) is 0 Å². The van der Waals surface area contributed by atoms with Crippen LogP contribution in [-0.4, -0.2) is 59.4 Å². The molecule has 0 radical (unpaired) electrons. The van der Waals surface area contributed by atoms with Gasteiger partial charge in [-0.25, -0.2) is 0 Å². The van der Waals surface area contributed by atoms with Crippen LogP contribution < -0.4 is 0 Å². The predicted octanol–water partition coefficient (Wildman–Crippen LogP) is 4.71. The maximum atomic E-state index is 13.7. The van der Waals surface area contributed by atoms with Gasteiger partial charge in [-0.1, -0.05) is 84.9 Å². The molecule has 0 bridgehead atoms. The predicted molar refractivity (Wildman–Crippen MR) is 140 cm³/mol. The molecule has 182 valence electrons. The van der Waals surface area contributed by atoms with E-state index in [2.05, 4.69) is 34.1 Å². The summed E-state index contributed by atoms with van der Waals surface area (Å²) in [5, 5.41) is 1.82. The van der Waals surface area contributed by atoms with Gasteiger partial charge < -0.3 is 9.64 Å². The summed E-state index contributed by atoms with van der Waals surface area (Å²) in [6, 6.07) is 28.2. The number of amides is 1. The number of methoxy groups -OCH3 is 1. The first kappa shape index (κ1) is 23.7. The van der Waals surface area contributed by atoms with Crippen LogP contribution in [0.1, 0.15) is 33.9 Å². The molecule has 5 rings (SSSR count). The summed E-state index contributed by atoms with van der Waals surface area (Å²) in [6.45, 7) is 1.60. The summed E-state index contributed by atoms with van der Waals surface area (Å²) in [4.78, 5) is 34.7. The van der Waals surface area contributed by atoms with Crippen LogP contribution in [0.25, 0.3) is 10.8 Å². The number of ether oxygens (including phenoxy) is 1. The molecule has 0 N–H and O–H groups in total. The second kappa shape index (κ2) is 10.7. The van der Waals surface area contributed by atoms with Gasteiger partial charge in [-0.3, -0.25) is 19.5 Å². The molecule has 1 fully saturated rings. The van der Waals surface area contributed by atoms with E-state index in [-0.39, 0.29) is 30.4 Å². The van der Waals surface area contributed by atoms with Crippen LogP contribution in [0.15, 0.2) is 97.3 Å². The topological polar surface area (TPSA) is 62.7 Å². The normalized spacial score (nSPS) is 16.3. The van der Waals surface area contributed by atoms with Gasteiger partial charge in [-0.2, -0.15) is 0 Å². The van der Waals surface area contributed by atoms with Crippen molar-refractivity contribution in [3.63, 3.8) is 0 Å². The second-order valence-electron chi connectivity index (χ2n) is 9.06. The Balaban J connectivity index is 1.48. The van der Waals surface area contributed by atoms with Crippen LogP contribution in [0, 0.1) is 0 Å². The third-order valence-electron chi connectivity index (χ3n) is 6.91. The third-order valence-corrected chi connectivity index (χ3v) is 6.91. The van der Waals surface area contributed by atoms with Crippen LogP contribution in [0.5, 0.6) is 0 Å². The minimum absolute atomic E-state index is 0.0430. The quantitative estimate of drug-likeness (QED) is 0.375. The number of fused-ring (bicyclic) bond motifs is 1. The Morgan fingerprint density at radius 2 is 1.53 bits per heavy atom. The summed E-state index contributed by atoms with van der Waals surface area (Å²) in [7, 11) is 1.41. The van der Waals surface area contributed by atoms with Gasteiger partial charge in [0.2, 0.25) is 0 Å². The van der Waals surface area contributed by atoms with Crippen molar-refractivity contribution in [2.75, 3.05) is 26.7 Å². The highest BCUT2D eigenvalue weighted by molar-refractivity contribution is 6.06. The van der Waals surface area contributed by atoms with Gasteiger partial charge >= 0.3 is 5.97 Å². The average Bonchev–Trinajstić information content (AvgIpc) is 2.94. The van der Waals surface area contributed by atoms with Gasteiger partial charge in [-0.05, 0) is 16.5 Å². The van der Waals surface area contributed by atoms with E-state index < -0.39 is 0 Å². The fourth-order valence-corrected chi connectivity index (χ4v) is 5.15. The molecular weight excluding hydrogens is 450 g/mol. The number of aromatic nitrogens is 1. The van der Waals surface area contributed by atoms with Crippen LogP contribution in [0.3, 0.4) is 0 Å². The Kier molecular flexibility index (Phi) is 7.05. The molecule has 3 aromatic carbocycles. The zero-order valence-electron chi connectivity index (χ0n) is 20.3. The molecule has 0 spiro atoms. The van der Waals surface area contributed by atoms with Crippen LogP contribution >= 0.6 is 0 Å². The molecule has 4 aromatic rings. The fourth-order valence-electron chi connectivity index (χ4n) is 5.15. The summed E-state index contributed by atoms with van der Waals surface area (Å²) in [6.07, 6.45) is 3.61. The number of hydrogen-bond acceptors (Lipinski definition) is 5. The lowest BCUT2D eigenvalue weighted by atomic mass is 9.93. The van der Waals surface area contributed by atoms with Gasteiger partial charge in [0, 0.05) is 43.5 Å². The van der Waals surface area contributed by atoms with E-state index in [1.54, 1.807) is 12.4 Å². The Hall–Kier alpha value is -4.03. The summed E-state index contributed by atoms with van der Waals surface area (Å²) in [5.74, 6) is -0.351. The Labute approximate surface area is 211 Å². The Bertz CT molecular complexity index is 1300. The molecule has 6 nitrogen and oxygen atoms in total. The standard InChI is InChI=1S/C30H29N3O3/c1-36-28(34)18-25-21-32(30(35)27-20-31-19-24-14-8-9-15-26(24)27)16-17-33(25)29(22-10-4-2-5-11-22)23-12-6-3-7-13-23/h2-15,19-20,25,29H,16-18,21H2,1H3. The van der Waals surface area contributed by atoms with E-state index in [9.17, 15) is 9.59 Å². The highest BCUT2D eigenvalue weighted by Crippen LogP contribution is 2.33. The molecule has 0 saturated carbocycles. The van der Waals surface area contributed by atoms with Crippen molar-refractivity contribution in [1.82, 2.24) is 14.8 Å². The van der Waals surface area contributed by atoms with Crippen molar-refractivity contribution < 1.29 is 14.3 Å². The van der Waals surface area contributed by atoms with Gasteiger partial charge in [0.05, 0.1) is 25.1 Å². The number of carbonyl (C=O) groups is 2. The molecule has 1 saturated heterocycles. The number of nitrogens with zero attached hydrogens (tertiary/aromatic N) is 3. The van der Waals surface area contributed by atoms with Crippen molar-refractivity contribution in [2.24, 2.45) is 0 Å². The average molecular weight is 480 g/mol. The van der Waals surface area contributed by atoms with E-state index in [4.69, 9.17) is 4.74 Å². The first-order chi connectivity index (χ1) is 17.7. The lowest BCUT2D eigenvalue weighted by Gasteiger charge is -2.45. The largest absolute Gasteiger partial charge is 0.469 e. The highest BCUT2D eigenvalue weighted by atomic mass is 16.5. The molecule has 2 heterocycles. The maximum Gasteiger partial charge on any atom is 0.307 e. The summed E-state index contributed by atoms with van der Waals surface area (Å²) in [5.41, 5.74) is 2.88. The van der Waals surface area contributed by atoms with Gasteiger partial charge in [0.25, 0.3) is 5.91 Å². The van der Waals surface area contributed by atoms with Gasteiger partial charge in [-0.15, -0.1) is 0 Å². The smallest absolute Gasteiger partial charge is 0.307 e. The molecule has 1 atom stereocenters. The van der Waals surface area contributed by atoms with E-state index in [1.807, 2.05) is 65.6 Å². The molecule has 1 aliphatic heterocycles. The molecule has 1 unspecified atom stereocenters. The molecule has 36 heavy (non-hydrogen) atoms. The van der Waals surface area contributed by atoms with E-state index in [1.165, 1.54) is 7.11 Å². The second-order valence-corrected chi connectivity index (χ2v) is 9.06. The number of piperazine rings is 1. The Morgan fingerprint density at radius 1 is 0.889 bits per heavy atom. The monoisotopic (exact) mass is 479 g/mol. The molecule has 0 aliphatic carbocycles. The highest BCUT2D eigenvalue weighted by Gasteiger charge is 2.37. The van der Waals surface area contributed by atoms with Crippen LogP contribution in [0.2, 0.25) is 0 Å². The van der Waals surface area contributed by atoms with Crippen molar-refractivity contribution in [3.05, 3.63) is 114 Å². The third kappa shape index (κ3) is 4.86.